The van der Waals surface area contributed by atoms with E-state index in [-0.39, 0.29) is 11.5 Å². The number of benzene rings is 1. The van der Waals surface area contributed by atoms with Crippen LogP contribution in [0.4, 0.5) is 5.69 Å². The molecule has 1 heterocycles. The number of ether oxygens (including phenoxy) is 1. The molecule has 1 unspecified atom stereocenters. The van der Waals surface area contributed by atoms with Crippen LogP contribution in [0.1, 0.15) is 25.5 Å². The molecule has 23 heavy (non-hydrogen) atoms. The summed E-state index contributed by atoms with van der Waals surface area (Å²) in [7, 11) is 0. The van der Waals surface area contributed by atoms with Crippen molar-refractivity contribution in [3.05, 3.63) is 56.9 Å². The summed E-state index contributed by atoms with van der Waals surface area (Å²) in [6.45, 7) is 5.92. The van der Waals surface area contributed by atoms with E-state index in [0.29, 0.717) is 17.9 Å². The number of aromatic nitrogens is 1. The molecule has 0 saturated heterocycles. The Morgan fingerprint density at radius 2 is 2.00 bits per heavy atom. The summed E-state index contributed by atoms with van der Waals surface area (Å²) in [5.74, 6) is 0.492. The van der Waals surface area contributed by atoms with Gasteiger partial charge in [0.2, 0.25) is 5.91 Å². The number of aryl methyl sites for hydroxylation is 1. The molecule has 2 rings (SSSR count). The Hall–Kier alpha value is -2.08. The van der Waals surface area contributed by atoms with E-state index in [1.807, 2.05) is 6.92 Å². The van der Waals surface area contributed by atoms with Gasteiger partial charge in [0, 0.05) is 21.9 Å². The molecule has 0 saturated carbocycles. The fraction of sp³-hybridized carbons (Fsp3) is 0.294. The standard InChI is InChI=1S/C17H19BrN2O3/c1-4-23-15-7-5-14(6-8-15)19-16(21)12(3)20-10-13(18)9-11(2)17(20)22/h5-10,12H,4H2,1-3H3,(H,19,21). The number of carbonyl (C=O) groups excluding carboxylic acids is 1. The SMILES string of the molecule is CCOc1ccc(NC(=O)C(C)n2cc(Br)cc(C)c2=O)cc1. The fourth-order valence-electron chi connectivity index (χ4n) is 2.16. The molecule has 6 heteroatoms. The minimum atomic E-state index is -0.620. The predicted octanol–water partition coefficient (Wildman–Crippen LogP) is 3.52. The molecule has 1 amide bonds. The van der Waals surface area contributed by atoms with Crippen molar-refractivity contribution in [3.63, 3.8) is 0 Å². The summed E-state index contributed by atoms with van der Waals surface area (Å²) in [5, 5.41) is 2.81. The number of hydrogen-bond donors (Lipinski definition) is 1. The van der Waals surface area contributed by atoms with Crippen molar-refractivity contribution in [2.24, 2.45) is 0 Å². The third-order valence-corrected chi connectivity index (χ3v) is 3.85. The number of amides is 1. The highest BCUT2D eigenvalue weighted by atomic mass is 79.9. The molecule has 0 aliphatic carbocycles. The third kappa shape index (κ3) is 4.22. The maximum atomic E-state index is 12.4. The Labute approximate surface area is 143 Å². The first-order valence-electron chi connectivity index (χ1n) is 7.34. The van der Waals surface area contributed by atoms with Gasteiger partial charge in [0.25, 0.3) is 5.56 Å². The van der Waals surface area contributed by atoms with Crippen molar-refractivity contribution in [2.45, 2.75) is 26.8 Å². The topological polar surface area (TPSA) is 60.3 Å². The van der Waals surface area contributed by atoms with E-state index in [0.717, 1.165) is 10.2 Å². The van der Waals surface area contributed by atoms with E-state index in [1.54, 1.807) is 50.4 Å². The highest BCUT2D eigenvalue weighted by Crippen LogP contribution is 2.18. The summed E-state index contributed by atoms with van der Waals surface area (Å²) in [6, 6.07) is 8.23. The van der Waals surface area contributed by atoms with Gasteiger partial charge in [0.05, 0.1) is 6.61 Å². The monoisotopic (exact) mass is 378 g/mol. The molecule has 1 N–H and O–H groups in total. The van der Waals surface area contributed by atoms with Gasteiger partial charge in [-0.3, -0.25) is 9.59 Å². The molecular formula is C17H19BrN2O3. The van der Waals surface area contributed by atoms with Crippen LogP contribution in [0.3, 0.4) is 0 Å². The second kappa shape index (κ2) is 7.46. The van der Waals surface area contributed by atoms with Crippen molar-refractivity contribution in [3.8, 4) is 5.75 Å². The quantitative estimate of drug-likeness (QED) is 0.865. The van der Waals surface area contributed by atoms with Crippen molar-refractivity contribution >= 4 is 27.5 Å². The Morgan fingerprint density at radius 1 is 1.35 bits per heavy atom. The molecule has 0 aliphatic rings. The molecule has 122 valence electrons. The normalized spacial score (nSPS) is 11.8. The van der Waals surface area contributed by atoms with Crippen molar-refractivity contribution in [1.29, 1.82) is 0 Å². The molecule has 5 nitrogen and oxygen atoms in total. The average Bonchev–Trinajstić information content (AvgIpc) is 2.52. The van der Waals surface area contributed by atoms with Crippen LogP contribution in [0.25, 0.3) is 0 Å². The number of rotatable bonds is 5. The van der Waals surface area contributed by atoms with E-state index in [2.05, 4.69) is 21.2 Å². The van der Waals surface area contributed by atoms with Crippen molar-refractivity contribution < 1.29 is 9.53 Å². The highest BCUT2D eigenvalue weighted by molar-refractivity contribution is 9.10. The van der Waals surface area contributed by atoms with E-state index >= 15 is 0 Å². The molecule has 1 atom stereocenters. The largest absolute Gasteiger partial charge is 0.494 e. The van der Waals surface area contributed by atoms with Gasteiger partial charge in [-0.2, -0.15) is 0 Å². The smallest absolute Gasteiger partial charge is 0.254 e. The number of hydrogen-bond acceptors (Lipinski definition) is 3. The summed E-state index contributed by atoms with van der Waals surface area (Å²) in [6.07, 6.45) is 1.62. The zero-order valence-electron chi connectivity index (χ0n) is 13.3. The molecule has 0 fully saturated rings. The maximum absolute atomic E-state index is 12.4. The van der Waals surface area contributed by atoms with E-state index in [1.165, 1.54) is 4.57 Å². The molecule has 0 spiro atoms. The number of halogens is 1. The van der Waals surface area contributed by atoms with E-state index < -0.39 is 6.04 Å². The zero-order valence-corrected chi connectivity index (χ0v) is 14.9. The molecule has 0 aliphatic heterocycles. The van der Waals surface area contributed by atoms with Crippen molar-refractivity contribution in [1.82, 2.24) is 4.57 Å². The Morgan fingerprint density at radius 3 is 2.61 bits per heavy atom. The van der Waals surface area contributed by atoms with Crippen LogP contribution >= 0.6 is 15.9 Å². The summed E-state index contributed by atoms with van der Waals surface area (Å²) < 4.78 is 7.54. The van der Waals surface area contributed by atoms with Gasteiger partial charge in [0.15, 0.2) is 0 Å². The van der Waals surface area contributed by atoms with Gasteiger partial charge >= 0.3 is 0 Å². The molecule has 0 bridgehead atoms. The number of nitrogens with one attached hydrogen (secondary N) is 1. The lowest BCUT2D eigenvalue weighted by molar-refractivity contribution is -0.118. The highest BCUT2D eigenvalue weighted by Gasteiger charge is 2.17. The number of pyridine rings is 1. The lowest BCUT2D eigenvalue weighted by Gasteiger charge is -2.16. The van der Waals surface area contributed by atoms with Crippen LogP contribution in [-0.2, 0) is 4.79 Å². The molecule has 0 radical (unpaired) electrons. The van der Waals surface area contributed by atoms with Crippen molar-refractivity contribution in [2.75, 3.05) is 11.9 Å². The Balaban J connectivity index is 2.15. The van der Waals surface area contributed by atoms with Crippen LogP contribution in [0, 0.1) is 6.92 Å². The van der Waals surface area contributed by atoms with Gasteiger partial charge in [-0.1, -0.05) is 0 Å². The summed E-state index contributed by atoms with van der Waals surface area (Å²) >= 11 is 3.35. The third-order valence-electron chi connectivity index (χ3n) is 3.42. The van der Waals surface area contributed by atoms with Gasteiger partial charge < -0.3 is 14.6 Å². The van der Waals surface area contributed by atoms with Gasteiger partial charge in [-0.05, 0) is 67.0 Å². The van der Waals surface area contributed by atoms with Crippen LogP contribution in [0.2, 0.25) is 0 Å². The van der Waals surface area contributed by atoms with Crippen LogP contribution in [0.15, 0.2) is 45.8 Å². The summed E-state index contributed by atoms with van der Waals surface area (Å²) in [5.41, 5.74) is 1.06. The number of carbonyl (C=O) groups is 1. The number of nitrogens with zero attached hydrogens (tertiary/aromatic N) is 1. The van der Waals surface area contributed by atoms with E-state index in [9.17, 15) is 9.59 Å². The fourth-order valence-corrected chi connectivity index (χ4v) is 2.73. The van der Waals surface area contributed by atoms with Crippen LogP contribution in [0.5, 0.6) is 5.75 Å². The minimum absolute atomic E-state index is 0.178. The minimum Gasteiger partial charge on any atom is -0.494 e. The zero-order chi connectivity index (χ0) is 17.0. The van der Waals surface area contributed by atoms with Gasteiger partial charge in [0.1, 0.15) is 11.8 Å². The second-order valence-electron chi connectivity index (χ2n) is 5.18. The maximum Gasteiger partial charge on any atom is 0.254 e. The lowest BCUT2D eigenvalue weighted by Crippen LogP contribution is -2.32. The first kappa shape index (κ1) is 17.3. The van der Waals surface area contributed by atoms with Crippen LogP contribution < -0.4 is 15.6 Å². The van der Waals surface area contributed by atoms with E-state index in [4.69, 9.17) is 4.74 Å². The predicted molar refractivity (Wildman–Crippen MR) is 94.1 cm³/mol. The Bertz CT molecular complexity index is 753. The Kier molecular flexibility index (Phi) is 5.60. The summed E-state index contributed by atoms with van der Waals surface area (Å²) in [4.78, 5) is 24.6. The first-order valence-corrected chi connectivity index (χ1v) is 8.13. The van der Waals surface area contributed by atoms with Crippen LogP contribution in [-0.4, -0.2) is 17.1 Å². The van der Waals surface area contributed by atoms with Gasteiger partial charge in [-0.15, -0.1) is 0 Å². The molecular weight excluding hydrogens is 360 g/mol. The first-order chi connectivity index (χ1) is 10.9. The molecule has 1 aromatic carbocycles. The second-order valence-corrected chi connectivity index (χ2v) is 6.09. The number of anilines is 1. The lowest BCUT2D eigenvalue weighted by atomic mass is 10.2. The molecule has 2 aromatic rings. The van der Waals surface area contributed by atoms with Gasteiger partial charge in [-0.25, -0.2) is 0 Å². The average molecular weight is 379 g/mol. The molecule has 1 aromatic heterocycles.